The van der Waals surface area contributed by atoms with E-state index in [9.17, 15) is 9.59 Å². The lowest BCUT2D eigenvalue weighted by Crippen LogP contribution is -2.41. The Balaban J connectivity index is 1.75. The molecule has 136 valence electrons. The second-order valence-corrected chi connectivity index (χ2v) is 6.78. The van der Waals surface area contributed by atoms with Crippen LogP contribution in [0.2, 0.25) is 0 Å². The zero-order valence-corrected chi connectivity index (χ0v) is 15.4. The third-order valence-corrected chi connectivity index (χ3v) is 4.71. The summed E-state index contributed by atoms with van der Waals surface area (Å²) in [5, 5.41) is 2.94. The lowest BCUT2D eigenvalue weighted by atomic mass is 10.0. The highest BCUT2D eigenvalue weighted by molar-refractivity contribution is 6.07. The molecule has 1 fully saturated rings. The first-order valence-corrected chi connectivity index (χ1v) is 8.86. The van der Waals surface area contributed by atoms with Crippen LogP contribution in [0.5, 0.6) is 5.75 Å². The molecule has 1 atom stereocenters. The number of carbonyl (C=O) groups is 2. The van der Waals surface area contributed by atoms with Crippen molar-refractivity contribution < 1.29 is 14.3 Å². The number of benzene rings is 2. The highest BCUT2D eigenvalue weighted by Gasteiger charge is 2.37. The summed E-state index contributed by atoms with van der Waals surface area (Å²) < 4.78 is 5.16. The predicted octanol–water partition coefficient (Wildman–Crippen LogP) is 3.95. The van der Waals surface area contributed by atoms with E-state index in [1.54, 1.807) is 36.3 Å². The monoisotopic (exact) mass is 352 g/mol. The maximum absolute atomic E-state index is 12.8. The van der Waals surface area contributed by atoms with Crippen molar-refractivity contribution in [3.05, 3.63) is 54.1 Å². The highest BCUT2D eigenvalue weighted by atomic mass is 16.5. The fourth-order valence-electron chi connectivity index (χ4n) is 3.18. The SMILES string of the molecule is COc1ccc(N2C(=O)CCC2C(=O)Nc2ccc(C(C)C)cc2)cc1. The Morgan fingerprint density at radius 3 is 2.35 bits per heavy atom. The zero-order valence-electron chi connectivity index (χ0n) is 15.4. The van der Waals surface area contributed by atoms with E-state index in [-0.39, 0.29) is 11.8 Å². The molecule has 0 bridgehead atoms. The van der Waals surface area contributed by atoms with Gasteiger partial charge in [0.1, 0.15) is 11.8 Å². The Morgan fingerprint density at radius 1 is 1.12 bits per heavy atom. The van der Waals surface area contributed by atoms with E-state index in [1.807, 2.05) is 24.3 Å². The van der Waals surface area contributed by atoms with Gasteiger partial charge in [-0.2, -0.15) is 0 Å². The molecule has 1 aliphatic heterocycles. The van der Waals surface area contributed by atoms with Crippen molar-refractivity contribution in [2.24, 2.45) is 0 Å². The lowest BCUT2D eigenvalue weighted by molar-refractivity contribution is -0.120. The molecule has 1 saturated heterocycles. The fourth-order valence-corrected chi connectivity index (χ4v) is 3.18. The summed E-state index contributed by atoms with van der Waals surface area (Å²) in [6, 6.07) is 14.5. The summed E-state index contributed by atoms with van der Waals surface area (Å²) in [6.07, 6.45) is 0.886. The van der Waals surface area contributed by atoms with Crippen LogP contribution >= 0.6 is 0 Å². The van der Waals surface area contributed by atoms with Crippen LogP contribution in [0.15, 0.2) is 48.5 Å². The number of amides is 2. The van der Waals surface area contributed by atoms with Crippen LogP contribution in [0, 0.1) is 0 Å². The molecular formula is C21H24N2O3. The number of ether oxygens (including phenoxy) is 1. The Morgan fingerprint density at radius 2 is 1.77 bits per heavy atom. The van der Waals surface area contributed by atoms with E-state index >= 15 is 0 Å². The molecule has 2 amide bonds. The van der Waals surface area contributed by atoms with Crippen LogP contribution in [0.1, 0.15) is 38.2 Å². The van der Waals surface area contributed by atoms with Gasteiger partial charge in [-0.05, 0) is 54.3 Å². The second-order valence-electron chi connectivity index (χ2n) is 6.78. The van der Waals surface area contributed by atoms with Crippen molar-refractivity contribution in [1.29, 1.82) is 0 Å². The minimum atomic E-state index is -0.499. The average molecular weight is 352 g/mol. The minimum absolute atomic E-state index is 0.0366. The number of nitrogens with one attached hydrogen (secondary N) is 1. The van der Waals surface area contributed by atoms with Crippen LogP contribution < -0.4 is 15.0 Å². The molecule has 1 N–H and O–H groups in total. The molecule has 2 aromatic carbocycles. The molecule has 1 unspecified atom stereocenters. The normalized spacial score (nSPS) is 16.8. The van der Waals surface area contributed by atoms with Gasteiger partial charge in [-0.1, -0.05) is 26.0 Å². The van der Waals surface area contributed by atoms with Crippen molar-refractivity contribution in [2.75, 3.05) is 17.3 Å². The molecule has 26 heavy (non-hydrogen) atoms. The molecule has 0 spiro atoms. The van der Waals surface area contributed by atoms with Crippen LogP contribution in [0.4, 0.5) is 11.4 Å². The maximum Gasteiger partial charge on any atom is 0.247 e. The molecule has 0 radical (unpaired) electrons. The molecule has 0 aliphatic carbocycles. The van der Waals surface area contributed by atoms with Gasteiger partial charge in [0.15, 0.2) is 0 Å². The summed E-state index contributed by atoms with van der Waals surface area (Å²) in [4.78, 5) is 26.7. The number of carbonyl (C=O) groups excluding carboxylic acids is 2. The van der Waals surface area contributed by atoms with Crippen molar-refractivity contribution in [3.8, 4) is 5.75 Å². The smallest absolute Gasteiger partial charge is 0.247 e. The Bertz CT molecular complexity index is 782. The molecule has 0 aromatic heterocycles. The van der Waals surface area contributed by atoms with Crippen LogP contribution in [-0.4, -0.2) is 25.0 Å². The minimum Gasteiger partial charge on any atom is -0.497 e. The van der Waals surface area contributed by atoms with Crippen LogP contribution in [-0.2, 0) is 9.59 Å². The van der Waals surface area contributed by atoms with Gasteiger partial charge in [-0.15, -0.1) is 0 Å². The predicted molar refractivity (Wildman–Crippen MR) is 103 cm³/mol. The lowest BCUT2D eigenvalue weighted by Gasteiger charge is -2.24. The maximum atomic E-state index is 12.8. The van der Waals surface area contributed by atoms with E-state index in [0.717, 1.165) is 5.69 Å². The van der Waals surface area contributed by atoms with Gasteiger partial charge < -0.3 is 10.1 Å². The van der Waals surface area contributed by atoms with Gasteiger partial charge >= 0.3 is 0 Å². The van der Waals surface area contributed by atoms with E-state index in [1.165, 1.54) is 5.56 Å². The molecule has 3 rings (SSSR count). The summed E-state index contributed by atoms with van der Waals surface area (Å²) >= 11 is 0. The van der Waals surface area contributed by atoms with Gasteiger partial charge in [-0.25, -0.2) is 0 Å². The van der Waals surface area contributed by atoms with Gasteiger partial charge in [0.25, 0.3) is 0 Å². The first kappa shape index (κ1) is 18.0. The zero-order chi connectivity index (χ0) is 18.7. The van der Waals surface area contributed by atoms with E-state index in [0.29, 0.717) is 30.2 Å². The van der Waals surface area contributed by atoms with Crippen LogP contribution in [0.3, 0.4) is 0 Å². The number of nitrogens with zero attached hydrogens (tertiary/aromatic N) is 1. The number of anilines is 2. The highest BCUT2D eigenvalue weighted by Crippen LogP contribution is 2.29. The number of hydrogen-bond donors (Lipinski definition) is 1. The van der Waals surface area contributed by atoms with Gasteiger partial charge in [0.2, 0.25) is 11.8 Å². The van der Waals surface area contributed by atoms with Gasteiger partial charge in [0, 0.05) is 17.8 Å². The second kappa shape index (κ2) is 7.60. The molecule has 5 heteroatoms. The molecule has 0 saturated carbocycles. The summed E-state index contributed by atoms with van der Waals surface area (Å²) in [6.45, 7) is 4.26. The third kappa shape index (κ3) is 3.72. The van der Waals surface area contributed by atoms with E-state index < -0.39 is 6.04 Å². The van der Waals surface area contributed by atoms with Crippen molar-refractivity contribution in [1.82, 2.24) is 0 Å². The largest absolute Gasteiger partial charge is 0.497 e. The Kier molecular flexibility index (Phi) is 5.26. The average Bonchev–Trinajstić information content (AvgIpc) is 3.04. The first-order chi connectivity index (χ1) is 12.5. The molecular weight excluding hydrogens is 328 g/mol. The first-order valence-electron chi connectivity index (χ1n) is 8.86. The quantitative estimate of drug-likeness (QED) is 0.886. The standard InChI is InChI=1S/C21H24N2O3/c1-14(2)15-4-6-16(7-5-15)22-21(25)19-12-13-20(24)23(19)17-8-10-18(26-3)11-9-17/h4-11,14,19H,12-13H2,1-3H3,(H,22,25). The number of hydrogen-bond acceptors (Lipinski definition) is 3. The summed E-state index contributed by atoms with van der Waals surface area (Å²) in [5.41, 5.74) is 2.68. The van der Waals surface area contributed by atoms with Gasteiger partial charge in [0.05, 0.1) is 7.11 Å². The number of methoxy groups -OCH3 is 1. The van der Waals surface area contributed by atoms with Crippen molar-refractivity contribution in [2.45, 2.75) is 38.6 Å². The summed E-state index contributed by atoms with van der Waals surface area (Å²) in [5.74, 6) is 0.957. The third-order valence-electron chi connectivity index (χ3n) is 4.71. The summed E-state index contributed by atoms with van der Waals surface area (Å²) in [7, 11) is 1.59. The molecule has 1 aliphatic rings. The molecule has 1 heterocycles. The fraction of sp³-hybridized carbons (Fsp3) is 0.333. The number of rotatable bonds is 5. The van der Waals surface area contributed by atoms with Crippen LogP contribution in [0.25, 0.3) is 0 Å². The van der Waals surface area contributed by atoms with Gasteiger partial charge in [-0.3, -0.25) is 14.5 Å². The van der Waals surface area contributed by atoms with Crippen molar-refractivity contribution >= 4 is 23.2 Å². The topological polar surface area (TPSA) is 58.6 Å². The molecule has 2 aromatic rings. The van der Waals surface area contributed by atoms with E-state index in [2.05, 4.69) is 19.2 Å². The molecule has 5 nitrogen and oxygen atoms in total. The Hall–Kier alpha value is -2.82. The Labute approximate surface area is 154 Å². The van der Waals surface area contributed by atoms with Crippen molar-refractivity contribution in [3.63, 3.8) is 0 Å². The van der Waals surface area contributed by atoms with E-state index in [4.69, 9.17) is 4.74 Å².